The van der Waals surface area contributed by atoms with Crippen LogP contribution in [0.25, 0.3) is 0 Å². The number of rotatable bonds is 8. The Labute approximate surface area is 157 Å². The Morgan fingerprint density at radius 2 is 2.00 bits per heavy atom. The number of likely N-dealkylation sites (N-methyl/N-ethyl adjacent to an activating group) is 1. The van der Waals surface area contributed by atoms with Crippen molar-refractivity contribution in [3.05, 3.63) is 58.4 Å². The Hall–Kier alpha value is -2.31. The average Bonchev–Trinajstić information content (AvgIpc) is 2.59. The summed E-state index contributed by atoms with van der Waals surface area (Å²) in [4.78, 5) is 14.5. The van der Waals surface area contributed by atoms with Crippen molar-refractivity contribution in [2.45, 2.75) is 6.54 Å². The summed E-state index contributed by atoms with van der Waals surface area (Å²) in [7, 11) is 5.26. The van der Waals surface area contributed by atoms with Gasteiger partial charge in [0.25, 0.3) is 5.91 Å². The lowest BCUT2D eigenvalue weighted by Crippen LogP contribution is -2.25. The van der Waals surface area contributed by atoms with Gasteiger partial charge in [-0.15, -0.1) is 0 Å². The standard InChI is InChI=1S/C19H22ClFN2O3/c1-23(2)9-10-26-17-6-4-5-14(20)18(17)19(24)22-12-13-7-8-16(25-3)15(21)11-13/h4-8,11H,9-10,12H2,1-3H3,(H,22,24). The smallest absolute Gasteiger partial charge is 0.256 e. The molecule has 0 aliphatic heterocycles. The number of ether oxygens (including phenoxy) is 2. The predicted octanol–water partition coefficient (Wildman–Crippen LogP) is 3.36. The fourth-order valence-electron chi connectivity index (χ4n) is 2.27. The van der Waals surface area contributed by atoms with Crippen molar-refractivity contribution < 1.29 is 18.7 Å². The first-order valence-corrected chi connectivity index (χ1v) is 8.47. The first kappa shape index (κ1) is 20.0. The third kappa shape index (κ3) is 5.34. The molecule has 2 aromatic rings. The predicted molar refractivity (Wildman–Crippen MR) is 99.6 cm³/mol. The van der Waals surface area contributed by atoms with Crippen LogP contribution in [-0.2, 0) is 6.54 Å². The molecule has 1 amide bonds. The maximum Gasteiger partial charge on any atom is 0.256 e. The lowest BCUT2D eigenvalue weighted by molar-refractivity contribution is 0.0946. The summed E-state index contributed by atoms with van der Waals surface area (Å²) in [6.07, 6.45) is 0. The molecule has 0 heterocycles. The van der Waals surface area contributed by atoms with E-state index in [1.165, 1.54) is 19.2 Å². The highest BCUT2D eigenvalue weighted by Gasteiger charge is 2.17. The van der Waals surface area contributed by atoms with Gasteiger partial charge in [-0.05, 0) is 43.9 Å². The second-order valence-corrected chi connectivity index (χ2v) is 6.32. The highest BCUT2D eigenvalue weighted by molar-refractivity contribution is 6.34. The van der Waals surface area contributed by atoms with Crippen LogP contribution in [0.5, 0.6) is 11.5 Å². The van der Waals surface area contributed by atoms with Crippen LogP contribution in [0.1, 0.15) is 15.9 Å². The van der Waals surface area contributed by atoms with Crippen LogP contribution < -0.4 is 14.8 Å². The van der Waals surface area contributed by atoms with E-state index < -0.39 is 5.82 Å². The molecule has 2 rings (SSSR count). The molecule has 5 nitrogen and oxygen atoms in total. The van der Waals surface area contributed by atoms with Gasteiger partial charge in [0.2, 0.25) is 0 Å². The molecule has 0 saturated carbocycles. The van der Waals surface area contributed by atoms with Crippen molar-refractivity contribution in [2.75, 3.05) is 34.4 Å². The van der Waals surface area contributed by atoms with Gasteiger partial charge in [-0.1, -0.05) is 23.7 Å². The Balaban J connectivity index is 2.07. The maximum atomic E-state index is 13.7. The number of amides is 1. The molecule has 140 valence electrons. The number of nitrogens with zero attached hydrogens (tertiary/aromatic N) is 1. The normalized spacial score (nSPS) is 10.7. The molecule has 0 saturated heterocycles. The largest absolute Gasteiger partial charge is 0.494 e. The molecule has 0 aliphatic carbocycles. The minimum atomic E-state index is -0.482. The van der Waals surface area contributed by atoms with E-state index in [-0.39, 0.29) is 23.8 Å². The number of hydrogen-bond donors (Lipinski definition) is 1. The average molecular weight is 381 g/mol. The Morgan fingerprint density at radius 1 is 1.23 bits per heavy atom. The Bertz CT molecular complexity index is 768. The molecule has 26 heavy (non-hydrogen) atoms. The van der Waals surface area contributed by atoms with E-state index >= 15 is 0 Å². The van der Waals surface area contributed by atoms with Crippen LogP contribution in [0.2, 0.25) is 5.02 Å². The number of halogens is 2. The fourth-order valence-corrected chi connectivity index (χ4v) is 2.53. The van der Waals surface area contributed by atoms with Crippen LogP contribution >= 0.6 is 11.6 Å². The minimum Gasteiger partial charge on any atom is -0.494 e. The van der Waals surface area contributed by atoms with E-state index in [1.54, 1.807) is 24.3 Å². The maximum absolute atomic E-state index is 13.7. The van der Waals surface area contributed by atoms with Crippen molar-refractivity contribution in [1.29, 1.82) is 0 Å². The monoisotopic (exact) mass is 380 g/mol. The summed E-state index contributed by atoms with van der Waals surface area (Å²) in [5, 5.41) is 3.04. The summed E-state index contributed by atoms with van der Waals surface area (Å²) in [6, 6.07) is 9.57. The molecular formula is C19H22ClFN2O3. The van der Waals surface area contributed by atoms with E-state index in [2.05, 4.69) is 5.32 Å². The molecule has 7 heteroatoms. The second kappa shape index (κ2) is 9.40. The Morgan fingerprint density at radius 3 is 2.65 bits per heavy atom. The van der Waals surface area contributed by atoms with Crippen LogP contribution in [0.3, 0.4) is 0 Å². The molecular weight excluding hydrogens is 359 g/mol. The lowest BCUT2D eigenvalue weighted by Gasteiger charge is -2.15. The number of benzene rings is 2. The third-order valence-corrected chi connectivity index (χ3v) is 3.98. The second-order valence-electron chi connectivity index (χ2n) is 5.92. The molecule has 0 spiro atoms. The summed E-state index contributed by atoms with van der Waals surface area (Å²) in [5.41, 5.74) is 0.876. The highest BCUT2D eigenvalue weighted by atomic mass is 35.5. The first-order valence-electron chi connectivity index (χ1n) is 8.09. The quantitative estimate of drug-likeness (QED) is 0.763. The summed E-state index contributed by atoms with van der Waals surface area (Å²) in [6.45, 7) is 1.29. The molecule has 0 aromatic heterocycles. The summed E-state index contributed by atoms with van der Waals surface area (Å²) >= 11 is 6.18. The van der Waals surface area contributed by atoms with Gasteiger partial charge in [0.15, 0.2) is 11.6 Å². The number of hydrogen-bond acceptors (Lipinski definition) is 4. The fraction of sp³-hybridized carbons (Fsp3) is 0.316. The molecule has 0 radical (unpaired) electrons. The number of methoxy groups -OCH3 is 1. The zero-order chi connectivity index (χ0) is 19.1. The van der Waals surface area contributed by atoms with Gasteiger partial charge in [0.1, 0.15) is 12.4 Å². The summed E-state index contributed by atoms with van der Waals surface area (Å²) < 4.78 is 24.3. The van der Waals surface area contributed by atoms with Crippen molar-refractivity contribution in [2.24, 2.45) is 0 Å². The zero-order valence-electron chi connectivity index (χ0n) is 15.0. The van der Waals surface area contributed by atoms with E-state index in [1.807, 2.05) is 19.0 Å². The third-order valence-electron chi connectivity index (χ3n) is 3.67. The van der Waals surface area contributed by atoms with Gasteiger partial charge >= 0.3 is 0 Å². The van der Waals surface area contributed by atoms with E-state index in [9.17, 15) is 9.18 Å². The van der Waals surface area contributed by atoms with Gasteiger partial charge in [-0.3, -0.25) is 4.79 Å². The van der Waals surface area contributed by atoms with Gasteiger partial charge < -0.3 is 19.7 Å². The van der Waals surface area contributed by atoms with E-state index in [4.69, 9.17) is 21.1 Å². The summed E-state index contributed by atoms with van der Waals surface area (Å²) in [5.74, 6) is -0.295. The van der Waals surface area contributed by atoms with Gasteiger partial charge in [0.05, 0.1) is 17.7 Å². The van der Waals surface area contributed by atoms with Crippen LogP contribution in [0.15, 0.2) is 36.4 Å². The van der Waals surface area contributed by atoms with Crippen LogP contribution in [0.4, 0.5) is 4.39 Å². The van der Waals surface area contributed by atoms with Gasteiger partial charge in [-0.2, -0.15) is 0 Å². The molecule has 1 N–H and O–H groups in total. The number of nitrogens with one attached hydrogen (secondary N) is 1. The van der Waals surface area contributed by atoms with Gasteiger partial charge in [-0.25, -0.2) is 4.39 Å². The van der Waals surface area contributed by atoms with Crippen LogP contribution in [0, 0.1) is 5.82 Å². The van der Waals surface area contributed by atoms with Gasteiger partial charge in [0, 0.05) is 13.1 Å². The van der Waals surface area contributed by atoms with Crippen molar-refractivity contribution >= 4 is 17.5 Å². The number of carbonyl (C=O) groups is 1. The zero-order valence-corrected chi connectivity index (χ0v) is 15.8. The molecule has 0 bridgehead atoms. The van der Waals surface area contributed by atoms with Crippen molar-refractivity contribution in [3.63, 3.8) is 0 Å². The minimum absolute atomic E-state index is 0.155. The molecule has 0 fully saturated rings. The van der Waals surface area contributed by atoms with E-state index in [0.29, 0.717) is 29.5 Å². The van der Waals surface area contributed by atoms with Crippen molar-refractivity contribution in [3.8, 4) is 11.5 Å². The molecule has 0 atom stereocenters. The lowest BCUT2D eigenvalue weighted by atomic mass is 10.1. The van der Waals surface area contributed by atoms with Crippen molar-refractivity contribution in [1.82, 2.24) is 10.2 Å². The molecule has 2 aromatic carbocycles. The first-order chi connectivity index (χ1) is 12.4. The Kier molecular flexibility index (Phi) is 7.24. The van der Waals surface area contributed by atoms with E-state index in [0.717, 1.165) is 0 Å². The molecule has 0 unspecified atom stereocenters. The van der Waals surface area contributed by atoms with Crippen LogP contribution in [-0.4, -0.2) is 45.2 Å². The topological polar surface area (TPSA) is 50.8 Å². The number of carbonyl (C=O) groups excluding carboxylic acids is 1. The SMILES string of the molecule is COc1ccc(CNC(=O)c2c(Cl)cccc2OCCN(C)C)cc1F. The molecule has 0 aliphatic rings. The highest BCUT2D eigenvalue weighted by Crippen LogP contribution is 2.26.